The molecular weight excluding hydrogens is 272 g/mol. The van der Waals surface area contributed by atoms with Gasteiger partial charge in [0.25, 0.3) is 11.3 Å². The lowest BCUT2D eigenvalue weighted by Crippen LogP contribution is -2.32. The predicted molar refractivity (Wildman–Crippen MR) is 68.0 cm³/mol. The van der Waals surface area contributed by atoms with Crippen molar-refractivity contribution in [2.24, 2.45) is 0 Å². The van der Waals surface area contributed by atoms with Crippen LogP contribution in [-0.4, -0.2) is 42.5 Å². The van der Waals surface area contributed by atoms with Gasteiger partial charge in [-0.2, -0.15) is 4.98 Å². The highest BCUT2D eigenvalue weighted by Crippen LogP contribution is 2.20. The Morgan fingerprint density at radius 2 is 2.21 bits per heavy atom. The van der Waals surface area contributed by atoms with Crippen LogP contribution in [0.1, 0.15) is 10.4 Å². The minimum Gasteiger partial charge on any atom is -0.468 e. The molecule has 0 atom stereocenters. The van der Waals surface area contributed by atoms with Crippen LogP contribution in [0.2, 0.25) is 5.35 Å². The van der Waals surface area contributed by atoms with Crippen LogP contribution in [0.15, 0.2) is 22.6 Å². The summed E-state index contributed by atoms with van der Waals surface area (Å²) in [4.78, 5) is 28.4. The Kier molecular flexibility index (Phi) is 3.71. The minimum absolute atomic E-state index is 0.0162. The van der Waals surface area contributed by atoms with E-state index in [-0.39, 0.29) is 17.8 Å². The van der Waals surface area contributed by atoms with Crippen LogP contribution in [0, 0.1) is 0 Å². The van der Waals surface area contributed by atoms with Crippen LogP contribution in [0.4, 0.5) is 0 Å². The van der Waals surface area contributed by atoms with E-state index < -0.39 is 5.97 Å². The molecule has 19 heavy (non-hydrogen) atoms. The second-order valence-electron chi connectivity index (χ2n) is 3.89. The number of rotatable bonds is 3. The van der Waals surface area contributed by atoms with Crippen molar-refractivity contribution in [1.29, 1.82) is 0 Å². The second kappa shape index (κ2) is 5.27. The zero-order chi connectivity index (χ0) is 14.0. The smallest absolute Gasteiger partial charge is 0.325 e. The average Bonchev–Trinajstić information content (AvgIpc) is 2.76. The fourth-order valence-corrected chi connectivity index (χ4v) is 1.76. The molecule has 0 saturated carbocycles. The first kappa shape index (κ1) is 13.4. The number of oxazole rings is 1. The van der Waals surface area contributed by atoms with Crippen molar-refractivity contribution in [2.45, 2.75) is 0 Å². The van der Waals surface area contributed by atoms with Gasteiger partial charge >= 0.3 is 5.97 Å². The van der Waals surface area contributed by atoms with Gasteiger partial charge in [-0.05, 0) is 29.8 Å². The number of hydrogen-bond acceptors (Lipinski definition) is 5. The van der Waals surface area contributed by atoms with E-state index in [4.69, 9.17) is 16.0 Å². The van der Waals surface area contributed by atoms with Crippen molar-refractivity contribution >= 4 is 34.6 Å². The molecule has 0 aliphatic carbocycles. The molecule has 7 heteroatoms. The number of fused-ring (bicyclic) bond motifs is 1. The molecule has 0 saturated heterocycles. The lowest BCUT2D eigenvalue weighted by molar-refractivity contribution is -0.141. The van der Waals surface area contributed by atoms with Crippen molar-refractivity contribution in [3.63, 3.8) is 0 Å². The van der Waals surface area contributed by atoms with Gasteiger partial charge in [0.1, 0.15) is 12.1 Å². The molecule has 0 aliphatic heterocycles. The number of aromatic nitrogens is 1. The lowest BCUT2D eigenvalue weighted by atomic mass is 10.2. The third kappa shape index (κ3) is 2.85. The van der Waals surface area contributed by atoms with Crippen LogP contribution in [-0.2, 0) is 9.53 Å². The van der Waals surface area contributed by atoms with E-state index in [1.807, 2.05) is 0 Å². The summed E-state index contributed by atoms with van der Waals surface area (Å²) >= 11 is 5.63. The second-order valence-corrected chi connectivity index (χ2v) is 4.21. The predicted octanol–water partition coefficient (Wildman–Crippen LogP) is 1.73. The lowest BCUT2D eigenvalue weighted by Gasteiger charge is -2.15. The number of amides is 1. The number of likely N-dealkylation sites (N-methyl/N-ethyl adjacent to an activating group) is 1. The molecular formula is C12H11ClN2O4. The standard InChI is InChI=1S/C12H11ClN2O4/c1-15(6-10(16)18-2)11(17)7-3-4-9-8(5-7)14-12(13)19-9/h3-5H,6H2,1-2H3. The highest BCUT2D eigenvalue weighted by atomic mass is 35.5. The molecule has 0 unspecified atom stereocenters. The number of ether oxygens (including phenoxy) is 1. The van der Waals surface area contributed by atoms with E-state index in [0.717, 1.165) is 0 Å². The summed E-state index contributed by atoms with van der Waals surface area (Å²) in [5, 5.41) is 0.0162. The molecule has 0 fully saturated rings. The van der Waals surface area contributed by atoms with Gasteiger partial charge in [-0.1, -0.05) is 0 Å². The number of carbonyl (C=O) groups excluding carboxylic acids is 2. The van der Waals surface area contributed by atoms with Crippen molar-refractivity contribution in [3.05, 3.63) is 29.1 Å². The van der Waals surface area contributed by atoms with Gasteiger partial charge < -0.3 is 14.1 Å². The zero-order valence-corrected chi connectivity index (χ0v) is 11.1. The van der Waals surface area contributed by atoms with E-state index in [9.17, 15) is 9.59 Å². The maximum atomic E-state index is 12.1. The number of esters is 1. The van der Waals surface area contributed by atoms with Crippen LogP contribution in [0.25, 0.3) is 11.1 Å². The molecule has 6 nitrogen and oxygen atoms in total. The number of halogens is 1. The summed E-state index contributed by atoms with van der Waals surface area (Å²) < 4.78 is 9.60. The molecule has 1 amide bonds. The molecule has 1 heterocycles. The van der Waals surface area contributed by atoms with E-state index in [0.29, 0.717) is 16.7 Å². The molecule has 0 aliphatic rings. The van der Waals surface area contributed by atoms with Gasteiger partial charge in [0.2, 0.25) is 0 Å². The van der Waals surface area contributed by atoms with Gasteiger partial charge in [0.05, 0.1) is 7.11 Å². The first-order chi connectivity index (χ1) is 9.01. The maximum Gasteiger partial charge on any atom is 0.325 e. The van der Waals surface area contributed by atoms with Crippen LogP contribution in [0.3, 0.4) is 0 Å². The molecule has 1 aromatic heterocycles. The minimum atomic E-state index is -0.485. The van der Waals surface area contributed by atoms with Gasteiger partial charge in [0.15, 0.2) is 5.58 Å². The summed E-state index contributed by atoms with van der Waals surface area (Å²) in [6, 6.07) is 4.74. The Balaban J connectivity index is 2.23. The Bertz CT molecular complexity index is 638. The van der Waals surface area contributed by atoms with E-state index in [1.165, 1.54) is 19.1 Å². The molecule has 0 N–H and O–H groups in total. The summed E-state index contributed by atoms with van der Waals surface area (Å²) in [7, 11) is 2.78. The van der Waals surface area contributed by atoms with Gasteiger partial charge in [-0.25, -0.2) is 0 Å². The Hall–Kier alpha value is -2.08. The summed E-state index contributed by atoms with van der Waals surface area (Å²) in [6.07, 6.45) is 0. The molecule has 0 radical (unpaired) electrons. The molecule has 2 rings (SSSR count). The summed E-state index contributed by atoms with van der Waals surface area (Å²) in [5.74, 6) is -0.798. The van der Waals surface area contributed by atoms with E-state index in [1.54, 1.807) is 18.2 Å². The monoisotopic (exact) mass is 282 g/mol. The zero-order valence-electron chi connectivity index (χ0n) is 10.3. The van der Waals surface area contributed by atoms with Crippen molar-refractivity contribution < 1.29 is 18.7 Å². The normalized spacial score (nSPS) is 10.5. The maximum absolute atomic E-state index is 12.1. The molecule has 2 aromatic rings. The first-order valence-corrected chi connectivity index (χ1v) is 5.77. The van der Waals surface area contributed by atoms with Crippen LogP contribution < -0.4 is 0 Å². The Labute approximate surface area is 113 Å². The highest BCUT2D eigenvalue weighted by Gasteiger charge is 2.16. The van der Waals surface area contributed by atoms with Crippen LogP contribution in [0.5, 0.6) is 0 Å². The van der Waals surface area contributed by atoms with Gasteiger partial charge in [0, 0.05) is 12.6 Å². The quantitative estimate of drug-likeness (QED) is 0.802. The SMILES string of the molecule is COC(=O)CN(C)C(=O)c1ccc2oc(Cl)nc2c1. The molecule has 0 spiro atoms. The molecule has 0 bridgehead atoms. The fraction of sp³-hybridized carbons (Fsp3) is 0.250. The summed E-state index contributed by atoms with van der Waals surface area (Å²) in [6.45, 7) is -0.118. The largest absolute Gasteiger partial charge is 0.468 e. The third-order valence-electron chi connectivity index (χ3n) is 2.55. The molecule has 100 valence electrons. The molecule has 1 aromatic carbocycles. The van der Waals surface area contributed by atoms with E-state index in [2.05, 4.69) is 9.72 Å². The topological polar surface area (TPSA) is 72.6 Å². The van der Waals surface area contributed by atoms with Gasteiger partial charge in [-0.15, -0.1) is 0 Å². The summed E-state index contributed by atoms with van der Waals surface area (Å²) in [5.41, 5.74) is 1.38. The van der Waals surface area contributed by atoms with E-state index >= 15 is 0 Å². The number of nitrogens with zero attached hydrogens (tertiary/aromatic N) is 2. The Morgan fingerprint density at radius 1 is 1.47 bits per heavy atom. The van der Waals surface area contributed by atoms with Crippen LogP contribution >= 0.6 is 11.6 Å². The fourth-order valence-electron chi connectivity index (χ4n) is 1.58. The number of benzene rings is 1. The first-order valence-electron chi connectivity index (χ1n) is 5.39. The number of hydrogen-bond donors (Lipinski definition) is 0. The number of carbonyl (C=O) groups is 2. The van der Waals surface area contributed by atoms with Crippen molar-refractivity contribution in [1.82, 2.24) is 9.88 Å². The van der Waals surface area contributed by atoms with Gasteiger partial charge in [-0.3, -0.25) is 9.59 Å². The van der Waals surface area contributed by atoms with Crippen molar-refractivity contribution in [3.8, 4) is 0 Å². The Morgan fingerprint density at radius 3 is 2.89 bits per heavy atom. The number of methoxy groups -OCH3 is 1. The highest BCUT2D eigenvalue weighted by molar-refractivity contribution is 6.28. The third-order valence-corrected chi connectivity index (χ3v) is 2.71. The average molecular weight is 283 g/mol. The van der Waals surface area contributed by atoms with Crippen molar-refractivity contribution in [2.75, 3.05) is 20.7 Å².